The number of likely N-dealkylation sites (N-methyl/N-ethyl adjacent to an activating group) is 1. The second-order valence-electron chi connectivity index (χ2n) is 2.97. The van der Waals surface area contributed by atoms with E-state index in [0.717, 1.165) is 0 Å². The van der Waals surface area contributed by atoms with Crippen LogP contribution in [0.3, 0.4) is 0 Å². The quantitative estimate of drug-likeness (QED) is 0.501. The summed E-state index contributed by atoms with van der Waals surface area (Å²) < 4.78 is 9.70. The fourth-order valence-electron chi connectivity index (χ4n) is 1.07. The summed E-state index contributed by atoms with van der Waals surface area (Å²) in [5.74, 6) is 0. The molecule has 1 unspecified atom stereocenters. The third kappa shape index (κ3) is 5.10. The van der Waals surface area contributed by atoms with Crippen molar-refractivity contribution in [3.63, 3.8) is 0 Å². The highest BCUT2D eigenvalue weighted by molar-refractivity contribution is 5.67. The molecule has 0 fully saturated rings. The highest BCUT2D eigenvalue weighted by Crippen LogP contribution is 2.06. The van der Waals surface area contributed by atoms with Gasteiger partial charge in [-0.2, -0.15) is 0 Å². The van der Waals surface area contributed by atoms with E-state index >= 15 is 0 Å². The summed E-state index contributed by atoms with van der Waals surface area (Å²) in [6.07, 6.45) is 5.41. The summed E-state index contributed by atoms with van der Waals surface area (Å²) in [7, 11) is 3.25. The summed E-state index contributed by atoms with van der Waals surface area (Å²) >= 11 is 0. The van der Waals surface area contributed by atoms with Gasteiger partial charge in [0.1, 0.15) is 0 Å². The van der Waals surface area contributed by atoms with E-state index in [4.69, 9.17) is 9.47 Å². The minimum absolute atomic E-state index is 0.0819. The Morgan fingerprint density at radius 3 is 2.73 bits per heavy atom. The van der Waals surface area contributed by atoms with Crippen molar-refractivity contribution in [2.24, 2.45) is 0 Å². The first-order valence-corrected chi connectivity index (χ1v) is 4.87. The van der Waals surface area contributed by atoms with Crippen molar-refractivity contribution in [2.45, 2.75) is 19.4 Å². The van der Waals surface area contributed by atoms with Crippen LogP contribution in [0.15, 0.2) is 25.0 Å². The molecular formula is C11H19NO3. The van der Waals surface area contributed by atoms with Gasteiger partial charge in [0.05, 0.1) is 26.0 Å². The van der Waals surface area contributed by atoms with Crippen LogP contribution in [0.25, 0.3) is 0 Å². The molecule has 0 saturated heterocycles. The maximum absolute atomic E-state index is 11.4. The first kappa shape index (κ1) is 13.5. The molecule has 1 atom stereocenters. The van der Waals surface area contributed by atoms with Gasteiger partial charge in [0.15, 0.2) is 0 Å². The van der Waals surface area contributed by atoms with Gasteiger partial charge in [0.2, 0.25) is 0 Å². The number of nitrogens with zero attached hydrogens (tertiary/aromatic N) is 1. The summed E-state index contributed by atoms with van der Waals surface area (Å²) in [4.78, 5) is 12.9. The zero-order chi connectivity index (χ0) is 11.7. The number of rotatable bonds is 6. The molecule has 0 aromatic carbocycles. The van der Waals surface area contributed by atoms with Gasteiger partial charge in [-0.15, -0.1) is 6.58 Å². The van der Waals surface area contributed by atoms with Crippen molar-refractivity contribution in [2.75, 3.05) is 20.8 Å². The molecule has 0 aliphatic heterocycles. The van der Waals surface area contributed by atoms with Gasteiger partial charge in [0, 0.05) is 7.05 Å². The first-order valence-electron chi connectivity index (χ1n) is 4.87. The highest BCUT2D eigenvalue weighted by Gasteiger charge is 2.17. The molecule has 0 radical (unpaired) electrons. The van der Waals surface area contributed by atoms with Crippen molar-refractivity contribution >= 4 is 6.09 Å². The normalized spacial score (nSPS) is 12.2. The smallest absolute Gasteiger partial charge is 0.409 e. The van der Waals surface area contributed by atoms with Gasteiger partial charge in [-0.3, -0.25) is 0 Å². The molecule has 0 heterocycles. The van der Waals surface area contributed by atoms with Crippen LogP contribution in [0.1, 0.15) is 13.3 Å². The number of hydrogen-bond donors (Lipinski definition) is 0. The molecule has 0 saturated carbocycles. The molecule has 86 valence electrons. The molecule has 0 N–H and O–H groups in total. The molecule has 4 heteroatoms. The Labute approximate surface area is 91.2 Å². The average molecular weight is 213 g/mol. The van der Waals surface area contributed by atoms with Crippen molar-refractivity contribution in [3.05, 3.63) is 25.0 Å². The summed E-state index contributed by atoms with van der Waals surface area (Å²) in [5, 5.41) is 0. The van der Waals surface area contributed by atoms with Crippen LogP contribution in [-0.4, -0.2) is 37.8 Å². The summed E-state index contributed by atoms with van der Waals surface area (Å²) in [6, 6.07) is -0.0819. The topological polar surface area (TPSA) is 38.8 Å². The molecule has 1 amide bonds. The van der Waals surface area contributed by atoms with Crippen LogP contribution in [0.2, 0.25) is 0 Å². The lowest BCUT2D eigenvalue weighted by atomic mass is 10.2. The minimum Gasteiger partial charge on any atom is -0.505 e. The lowest BCUT2D eigenvalue weighted by Gasteiger charge is -2.23. The average Bonchev–Trinajstić information content (AvgIpc) is 2.23. The van der Waals surface area contributed by atoms with Crippen LogP contribution in [0, 0.1) is 0 Å². The van der Waals surface area contributed by atoms with Gasteiger partial charge < -0.3 is 14.4 Å². The molecule has 0 aliphatic carbocycles. The van der Waals surface area contributed by atoms with Crippen LogP contribution in [-0.2, 0) is 9.47 Å². The van der Waals surface area contributed by atoms with Gasteiger partial charge in [-0.25, -0.2) is 4.79 Å². The third-order valence-electron chi connectivity index (χ3n) is 1.90. The number of carbonyl (C=O) groups excluding carboxylic acids is 1. The molecular weight excluding hydrogens is 194 g/mol. The van der Waals surface area contributed by atoms with Crippen molar-refractivity contribution in [3.8, 4) is 0 Å². The zero-order valence-electron chi connectivity index (χ0n) is 9.60. The third-order valence-corrected chi connectivity index (χ3v) is 1.90. The zero-order valence-corrected chi connectivity index (χ0v) is 9.60. The lowest BCUT2D eigenvalue weighted by Crippen LogP contribution is -2.36. The van der Waals surface area contributed by atoms with Crippen molar-refractivity contribution in [1.82, 2.24) is 4.90 Å². The van der Waals surface area contributed by atoms with E-state index in [9.17, 15) is 4.79 Å². The van der Waals surface area contributed by atoms with Crippen molar-refractivity contribution in [1.29, 1.82) is 0 Å². The maximum Gasteiger partial charge on any atom is 0.409 e. The Morgan fingerprint density at radius 1 is 1.60 bits per heavy atom. The molecule has 0 aromatic heterocycles. The predicted octanol–water partition coefficient (Wildman–Crippen LogP) is 2.18. The monoisotopic (exact) mass is 213 g/mol. The van der Waals surface area contributed by atoms with E-state index in [1.54, 1.807) is 39.5 Å². The van der Waals surface area contributed by atoms with E-state index in [1.807, 2.05) is 0 Å². The van der Waals surface area contributed by atoms with Crippen LogP contribution in [0.5, 0.6) is 0 Å². The van der Waals surface area contributed by atoms with Crippen LogP contribution >= 0.6 is 0 Å². The summed E-state index contributed by atoms with van der Waals surface area (Å²) in [5.41, 5.74) is 0. The standard InChI is InChI=1S/C11H19NO3/c1-5-7-10(8-9-14-4)12(3)11(13)15-6-2/h5,8-10H,1,6-7H2,2-4H3/b9-8-. The molecule has 0 aliphatic rings. The number of methoxy groups -OCH3 is 1. The highest BCUT2D eigenvalue weighted by atomic mass is 16.6. The predicted molar refractivity (Wildman–Crippen MR) is 59.5 cm³/mol. The molecule has 0 spiro atoms. The Hall–Kier alpha value is -1.45. The van der Waals surface area contributed by atoms with E-state index in [0.29, 0.717) is 13.0 Å². The van der Waals surface area contributed by atoms with E-state index in [1.165, 1.54) is 4.90 Å². The largest absolute Gasteiger partial charge is 0.505 e. The summed E-state index contributed by atoms with van der Waals surface area (Å²) in [6.45, 7) is 5.79. The second kappa shape index (κ2) is 7.91. The Balaban J connectivity index is 4.38. The molecule has 15 heavy (non-hydrogen) atoms. The SMILES string of the molecule is C=CCC(/C=C\OC)N(C)C(=O)OCC. The first-order chi connectivity index (χ1) is 7.17. The van der Waals surface area contributed by atoms with E-state index in [2.05, 4.69) is 6.58 Å². The minimum atomic E-state index is -0.342. The molecule has 4 nitrogen and oxygen atoms in total. The van der Waals surface area contributed by atoms with Gasteiger partial charge >= 0.3 is 6.09 Å². The molecule has 0 rings (SSSR count). The van der Waals surface area contributed by atoms with Crippen molar-refractivity contribution < 1.29 is 14.3 Å². The molecule has 0 bridgehead atoms. The number of ether oxygens (including phenoxy) is 2. The second-order valence-corrected chi connectivity index (χ2v) is 2.97. The van der Waals surface area contributed by atoms with E-state index < -0.39 is 0 Å². The fourth-order valence-corrected chi connectivity index (χ4v) is 1.07. The van der Waals surface area contributed by atoms with Gasteiger partial charge in [-0.05, 0) is 19.4 Å². The number of carbonyl (C=O) groups is 1. The van der Waals surface area contributed by atoms with Crippen LogP contribution in [0.4, 0.5) is 4.79 Å². The van der Waals surface area contributed by atoms with Gasteiger partial charge in [-0.1, -0.05) is 6.08 Å². The Kier molecular flexibility index (Phi) is 7.14. The van der Waals surface area contributed by atoms with Crippen LogP contribution < -0.4 is 0 Å². The Bertz CT molecular complexity index is 226. The fraction of sp³-hybridized carbons (Fsp3) is 0.545. The molecule has 0 aromatic rings. The van der Waals surface area contributed by atoms with E-state index in [-0.39, 0.29) is 12.1 Å². The number of amides is 1. The number of hydrogen-bond acceptors (Lipinski definition) is 3. The Morgan fingerprint density at radius 2 is 2.27 bits per heavy atom. The maximum atomic E-state index is 11.4. The van der Waals surface area contributed by atoms with Gasteiger partial charge in [0.25, 0.3) is 0 Å². The lowest BCUT2D eigenvalue weighted by molar-refractivity contribution is 0.108.